The van der Waals surface area contributed by atoms with Crippen molar-refractivity contribution in [1.29, 1.82) is 0 Å². The third-order valence-corrected chi connectivity index (χ3v) is 5.78. The second kappa shape index (κ2) is 9.49. The van der Waals surface area contributed by atoms with Crippen LogP contribution in [0.3, 0.4) is 0 Å². The highest BCUT2D eigenvalue weighted by Gasteiger charge is 2.10. The topological polar surface area (TPSA) is 67.7 Å². The molecule has 0 radical (unpaired) electrons. The molecular weight excluding hydrogens is 503 g/mol. The van der Waals surface area contributed by atoms with Gasteiger partial charge >= 0.3 is 6.03 Å². The SMILES string of the molecule is COC(C)CNC(=O)Nc1cccc(-c2cnc3cc(-c4ccc(I)cc4)ccn23)c1. The van der Waals surface area contributed by atoms with E-state index in [1.807, 2.05) is 43.6 Å². The molecular formula is C24H23IN4O2. The van der Waals surface area contributed by atoms with E-state index in [9.17, 15) is 4.79 Å². The lowest BCUT2D eigenvalue weighted by Gasteiger charge is -2.12. The second-order valence-corrected chi connectivity index (χ2v) is 8.50. The van der Waals surface area contributed by atoms with E-state index in [1.54, 1.807) is 7.11 Å². The second-order valence-electron chi connectivity index (χ2n) is 7.26. The Bertz CT molecular complexity index is 1200. The van der Waals surface area contributed by atoms with Crippen molar-refractivity contribution >= 4 is 40.0 Å². The standard InChI is InChI=1S/C24H23IN4O2/c1-16(31-2)14-27-24(30)28-21-5-3-4-19(12-21)22-15-26-23-13-18(10-11-29(22)23)17-6-8-20(25)9-7-17/h3-13,15-16H,14H2,1-2H3,(H2,27,28,30). The summed E-state index contributed by atoms with van der Waals surface area (Å²) in [4.78, 5) is 16.7. The highest BCUT2D eigenvalue weighted by atomic mass is 127. The van der Waals surface area contributed by atoms with Crippen molar-refractivity contribution in [2.75, 3.05) is 19.0 Å². The number of methoxy groups -OCH3 is 1. The van der Waals surface area contributed by atoms with Crippen LogP contribution in [0.25, 0.3) is 28.0 Å². The summed E-state index contributed by atoms with van der Waals surface area (Å²) in [6.07, 6.45) is 3.84. The van der Waals surface area contributed by atoms with Crippen LogP contribution in [0.15, 0.2) is 73.1 Å². The molecule has 2 aromatic carbocycles. The van der Waals surface area contributed by atoms with Gasteiger partial charge in [-0.1, -0.05) is 24.3 Å². The number of carbonyl (C=O) groups excluding carboxylic acids is 1. The summed E-state index contributed by atoms with van der Waals surface area (Å²) in [6, 6.07) is 20.1. The van der Waals surface area contributed by atoms with Gasteiger partial charge in [0, 0.05) is 34.7 Å². The predicted octanol–water partition coefficient (Wildman–Crippen LogP) is 5.43. The highest BCUT2D eigenvalue weighted by molar-refractivity contribution is 14.1. The average Bonchev–Trinajstić information content (AvgIpc) is 3.21. The van der Waals surface area contributed by atoms with Crippen LogP contribution in [0, 0.1) is 3.57 Å². The zero-order chi connectivity index (χ0) is 21.8. The van der Waals surface area contributed by atoms with Gasteiger partial charge < -0.3 is 15.4 Å². The number of halogens is 1. The van der Waals surface area contributed by atoms with Crippen LogP contribution in [0.5, 0.6) is 0 Å². The van der Waals surface area contributed by atoms with Gasteiger partial charge in [0.05, 0.1) is 18.0 Å². The Balaban J connectivity index is 1.55. The normalized spacial score (nSPS) is 12.0. The Morgan fingerprint density at radius 1 is 1.10 bits per heavy atom. The molecule has 1 unspecified atom stereocenters. The fourth-order valence-electron chi connectivity index (χ4n) is 3.27. The fraction of sp³-hybridized carbons (Fsp3) is 0.167. The van der Waals surface area contributed by atoms with E-state index in [0.29, 0.717) is 12.2 Å². The highest BCUT2D eigenvalue weighted by Crippen LogP contribution is 2.27. The van der Waals surface area contributed by atoms with Crippen molar-refractivity contribution in [3.63, 3.8) is 0 Å². The molecule has 7 heteroatoms. The van der Waals surface area contributed by atoms with Gasteiger partial charge in [-0.25, -0.2) is 9.78 Å². The molecule has 2 amide bonds. The molecule has 2 heterocycles. The number of anilines is 1. The van der Waals surface area contributed by atoms with E-state index in [1.165, 1.54) is 3.57 Å². The molecule has 2 N–H and O–H groups in total. The Morgan fingerprint density at radius 2 is 1.90 bits per heavy atom. The van der Waals surface area contributed by atoms with Gasteiger partial charge in [0.25, 0.3) is 0 Å². The lowest BCUT2D eigenvalue weighted by atomic mass is 10.1. The van der Waals surface area contributed by atoms with Crippen LogP contribution < -0.4 is 10.6 Å². The minimum absolute atomic E-state index is 0.0420. The number of hydrogen-bond acceptors (Lipinski definition) is 3. The van der Waals surface area contributed by atoms with Gasteiger partial charge in [-0.15, -0.1) is 0 Å². The van der Waals surface area contributed by atoms with Crippen molar-refractivity contribution in [3.05, 3.63) is 76.6 Å². The summed E-state index contributed by atoms with van der Waals surface area (Å²) in [5, 5.41) is 5.67. The number of urea groups is 1. The minimum atomic E-state index is -0.263. The molecule has 0 aliphatic heterocycles. The van der Waals surface area contributed by atoms with Crippen molar-refractivity contribution in [1.82, 2.24) is 14.7 Å². The number of amides is 2. The summed E-state index contributed by atoms with van der Waals surface area (Å²) in [5.74, 6) is 0. The number of benzene rings is 2. The summed E-state index contributed by atoms with van der Waals surface area (Å²) < 4.78 is 8.41. The third kappa shape index (κ3) is 5.05. The maximum Gasteiger partial charge on any atom is 0.319 e. The number of nitrogens with zero attached hydrogens (tertiary/aromatic N) is 2. The number of rotatable bonds is 6. The number of hydrogen-bond donors (Lipinski definition) is 2. The maximum absolute atomic E-state index is 12.1. The number of fused-ring (bicyclic) bond motifs is 1. The van der Waals surface area contributed by atoms with Gasteiger partial charge in [-0.2, -0.15) is 0 Å². The Kier molecular flexibility index (Phi) is 6.53. The first-order valence-corrected chi connectivity index (χ1v) is 11.0. The zero-order valence-electron chi connectivity index (χ0n) is 17.3. The fourth-order valence-corrected chi connectivity index (χ4v) is 3.63. The molecule has 0 saturated heterocycles. The molecule has 0 aliphatic carbocycles. The maximum atomic E-state index is 12.1. The number of aromatic nitrogens is 2. The zero-order valence-corrected chi connectivity index (χ0v) is 19.5. The van der Waals surface area contributed by atoms with Crippen molar-refractivity contribution in [2.24, 2.45) is 0 Å². The number of carbonyl (C=O) groups is 1. The van der Waals surface area contributed by atoms with E-state index < -0.39 is 0 Å². The number of imidazole rings is 1. The molecule has 4 rings (SSSR count). The molecule has 0 fully saturated rings. The Labute approximate surface area is 194 Å². The van der Waals surface area contributed by atoms with Crippen molar-refractivity contribution < 1.29 is 9.53 Å². The molecule has 0 saturated carbocycles. The molecule has 4 aromatic rings. The summed E-state index contributed by atoms with van der Waals surface area (Å²) in [5.41, 5.74) is 5.80. The lowest BCUT2D eigenvalue weighted by Crippen LogP contribution is -2.34. The van der Waals surface area contributed by atoms with Gasteiger partial charge in [0.2, 0.25) is 0 Å². The summed E-state index contributed by atoms with van der Waals surface area (Å²) in [6.45, 7) is 2.34. The van der Waals surface area contributed by atoms with E-state index in [-0.39, 0.29) is 12.1 Å². The van der Waals surface area contributed by atoms with Gasteiger partial charge in [0.15, 0.2) is 0 Å². The first-order valence-electron chi connectivity index (χ1n) is 9.94. The molecule has 0 aliphatic rings. The summed E-state index contributed by atoms with van der Waals surface area (Å²) >= 11 is 2.31. The minimum Gasteiger partial charge on any atom is -0.380 e. The first kappa shape index (κ1) is 21.3. The largest absolute Gasteiger partial charge is 0.380 e. The Morgan fingerprint density at radius 3 is 2.68 bits per heavy atom. The van der Waals surface area contributed by atoms with E-state index in [0.717, 1.165) is 28.0 Å². The molecule has 31 heavy (non-hydrogen) atoms. The number of ether oxygens (including phenoxy) is 1. The smallest absolute Gasteiger partial charge is 0.319 e. The van der Waals surface area contributed by atoms with Gasteiger partial charge in [-0.05, 0) is 77.0 Å². The van der Waals surface area contributed by atoms with Gasteiger partial charge in [-0.3, -0.25) is 4.40 Å². The van der Waals surface area contributed by atoms with E-state index in [2.05, 4.69) is 79.0 Å². The molecule has 158 valence electrons. The molecule has 0 spiro atoms. The molecule has 1 atom stereocenters. The van der Waals surface area contributed by atoms with E-state index in [4.69, 9.17) is 4.74 Å². The van der Waals surface area contributed by atoms with Crippen LogP contribution in [0.2, 0.25) is 0 Å². The van der Waals surface area contributed by atoms with Crippen LogP contribution in [-0.4, -0.2) is 35.2 Å². The predicted molar refractivity (Wildman–Crippen MR) is 132 cm³/mol. The molecule has 0 bridgehead atoms. The Hall–Kier alpha value is -2.91. The number of pyridine rings is 1. The van der Waals surface area contributed by atoms with Crippen LogP contribution >= 0.6 is 22.6 Å². The van der Waals surface area contributed by atoms with Crippen molar-refractivity contribution in [2.45, 2.75) is 13.0 Å². The van der Waals surface area contributed by atoms with Gasteiger partial charge in [0.1, 0.15) is 5.65 Å². The average molecular weight is 526 g/mol. The molecule has 2 aromatic heterocycles. The van der Waals surface area contributed by atoms with E-state index >= 15 is 0 Å². The number of nitrogens with one attached hydrogen (secondary N) is 2. The van der Waals surface area contributed by atoms with Crippen molar-refractivity contribution in [3.8, 4) is 22.4 Å². The third-order valence-electron chi connectivity index (χ3n) is 5.06. The monoisotopic (exact) mass is 526 g/mol. The van der Waals surface area contributed by atoms with Crippen LogP contribution in [0.1, 0.15) is 6.92 Å². The molecule has 6 nitrogen and oxygen atoms in total. The van der Waals surface area contributed by atoms with Crippen LogP contribution in [-0.2, 0) is 4.74 Å². The summed E-state index contributed by atoms with van der Waals surface area (Å²) in [7, 11) is 1.62. The quantitative estimate of drug-likeness (QED) is 0.330. The lowest BCUT2D eigenvalue weighted by molar-refractivity contribution is 0.119. The van der Waals surface area contributed by atoms with Crippen LogP contribution in [0.4, 0.5) is 10.5 Å². The first-order chi connectivity index (χ1) is 15.0.